The Balaban J connectivity index is 2.15. The van der Waals surface area contributed by atoms with Crippen molar-refractivity contribution < 1.29 is 15.0 Å². The van der Waals surface area contributed by atoms with Crippen molar-refractivity contribution in [3.63, 3.8) is 0 Å². The zero-order valence-corrected chi connectivity index (χ0v) is 11.0. The number of hydrogen-bond donors (Lipinski definition) is 4. The fourth-order valence-corrected chi connectivity index (χ4v) is 1.90. The zero-order chi connectivity index (χ0) is 14.7. The quantitative estimate of drug-likeness (QED) is 0.644. The number of benzene rings is 2. The van der Waals surface area contributed by atoms with Crippen LogP contribution in [0.4, 0.5) is 5.69 Å². The van der Waals surface area contributed by atoms with E-state index in [2.05, 4.69) is 5.32 Å². The summed E-state index contributed by atoms with van der Waals surface area (Å²) in [4.78, 5) is 12.1. The van der Waals surface area contributed by atoms with Gasteiger partial charge in [0.1, 0.15) is 11.5 Å². The molecule has 0 spiro atoms. The second kappa shape index (κ2) is 5.52. The molecule has 0 aliphatic carbocycles. The first kappa shape index (κ1) is 13.7. The van der Waals surface area contributed by atoms with Gasteiger partial charge in [-0.15, -0.1) is 0 Å². The van der Waals surface area contributed by atoms with E-state index >= 15 is 0 Å². The number of carbonyl (C=O) groups is 1. The number of amides is 1. The molecule has 2 aromatic carbocycles. The third kappa shape index (κ3) is 3.00. The Morgan fingerprint density at radius 2 is 1.95 bits per heavy atom. The number of rotatable bonds is 3. The van der Waals surface area contributed by atoms with E-state index in [9.17, 15) is 15.0 Å². The molecule has 1 amide bonds. The van der Waals surface area contributed by atoms with Gasteiger partial charge in [0.15, 0.2) is 0 Å². The minimum Gasteiger partial charge on any atom is -0.508 e. The molecule has 5 N–H and O–H groups in total. The van der Waals surface area contributed by atoms with Crippen LogP contribution in [0.1, 0.15) is 28.9 Å². The number of nitrogens with one attached hydrogen (secondary N) is 1. The smallest absolute Gasteiger partial charge is 0.255 e. The molecule has 0 aliphatic heterocycles. The van der Waals surface area contributed by atoms with Gasteiger partial charge in [0.2, 0.25) is 0 Å². The summed E-state index contributed by atoms with van der Waals surface area (Å²) in [5.41, 5.74) is 7.30. The molecule has 2 aromatic rings. The maximum atomic E-state index is 12.1. The molecule has 0 saturated heterocycles. The average Bonchev–Trinajstić information content (AvgIpc) is 2.38. The molecule has 0 bridgehead atoms. The first-order chi connectivity index (χ1) is 9.47. The Morgan fingerprint density at radius 3 is 2.60 bits per heavy atom. The van der Waals surface area contributed by atoms with E-state index in [1.165, 1.54) is 12.1 Å². The van der Waals surface area contributed by atoms with E-state index in [1.807, 2.05) is 19.1 Å². The van der Waals surface area contributed by atoms with Gasteiger partial charge in [0.05, 0.1) is 11.6 Å². The van der Waals surface area contributed by atoms with Crippen LogP contribution >= 0.6 is 0 Å². The number of phenols is 2. The predicted octanol–water partition coefficient (Wildman–Crippen LogP) is 2.17. The second-order valence-electron chi connectivity index (χ2n) is 4.57. The summed E-state index contributed by atoms with van der Waals surface area (Å²) >= 11 is 0. The van der Waals surface area contributed by atoms with Crippen LogP contribution in [-0.4, -0.2) is 16.1 Å². The number of nitrogen functional groups attached to an aromatic ring is 1. The maximum Gasteiger partial charge on any atom is 0.255 e. The van der Waals surface area contributed by atoms with Crippen molar-refractivity contribution in [2.45, 2.75) is 13.0 Å². The maximum absolute atomic E-state index is 12.1. The highest BCUT2D eigenvalue weighted by Gasteiger charge is 2.15. The molecule has 104 valence electrons. The summed E-state index contributed by atoms with van der Waals surface area (Å²) < 4.78 is 0. The Bertz CT molecular complexity index is 641. The van der Waals surface area contributed by atoms with E-state index in [4.69, 9.17) is 5.73 Å². The second-order valence-corrected chi connectivity index (χ2v) is 4.57. The average molecular weight is 272 g/mol. The van der Waals surface area contributed by atoms with Gasteiger partial charge in [-0.05, 0) is 36.8 Å². The molecule has 1 atom stereocenters. The molecule has 0 aromatic heterocycles. The Morgan fingerprint density at radius 1 is 1.20 bits per heavy atom. The molecule has 0 heterocycles. The minimum atomic E-state index is -0.419. The standard InChI is InChI=1S/C15H16N2O3/c1-9(10-3-2-4-11(16)7-10)17-15(20)13-6-5-12(18)8-14(13)19/h2-9,18-19H,16H2,1H3,(H,17,20). The summed E-state index contributed by atoms with van der Waals surface area (Å²) in [6.07, 6.45) is 0. The van der Waals surface area contributed by atoms with Gasteiger partial charge in [-0.3, -0.25) is 4.79 Å². The monoisotopic (exact) mass is 272 g/mol. The van der Waals surface area contributed by atoms with Crippen molar-refractivity contribution >= 4 is 11.6 Å². The van der Waals surface area contributed by atoms with E-state index in [0.717, 1.165) is 11.6 Å². The Kier molecular flexibility index (Phi) is 3.79. The van der Waals surface area contributed by atoms with Crippen molar-refractivity contribution in [2.75, 3.05) is 5.73 Å². The Labute approximate surface area is 116 Å². The van der Waals surface area contributed by atoms with Gasteiger partial charge in [-0.1, -0.05) is 12.1 Å². The van der Waals surface area contributed by atoms with Crippen molar-refractivity contribution in [3.8, 4) is 11.5 Å². The van der Waals surface area contributed by atoms with Crippen LogP contribution in [0.25, 0.3) is 0 Å². The fourth-order valence-electron chi connectivity index (χ4n) is 1.90. The number of nitrogens with two attached hydrogens (primary N) is 1. The summed E-state index contributed by atoms with van der Waals surface area (Å²) in [6.45, 7) is 1.82. The number of hydrogen-bond acceptors (Lipinski definition) is 4. The van der Waals surface area contributed by atoms with E-state index < -0.39 is 5.91 Å². The Hall–Kier alpha value is -2.69. The molecule has 5 nitrogen and oxygen atoms in total. The van der Waals surface area contributed by atoms with Crippen molar-refractivity contribution in [3.05, 3.63) is 53.6 Å². The highest BCUT2D eigenvalue weighted by Crippen LogP contribution is 2.23. The largest absolute Gasteiger partial charge is 0.508 e. The summed E-state index contributed by atoms with van der Waals surface area (Å²) in [6, 6.07) is 10.8. The van der Waals surface area contributed by atoms with Gasteiger partial charge >= 0.3 is 0 Å². The SMILES string of the molecule is CC(NC(=O)c1ccc(O)cc1O)c1cccc(N)c1. The molecule has 2 rings (SSSR count). The van der Waals surface area contributed by atoms with Crippen LogP contribution < -0.4 is 11.1 Å². The summed E-state index contributed by atoms with van der Waals surface area (Å²) in [5, 5.41) is 21.6. The van der Waals surface area contributed by atoms with Gasteiger partial charge in [-0.2, -0.15) is 0 Å². The number of phenolic OH excluding ortho intramolecular Hbond substituents is 2. The van der Waals surface area contributed by atoms with Gasteiger partial charge in [-0.25, -0.2) is 0 Å². The molecule has 0 saturated carbocycles. The summed E-state index contributed by atoms with van der Waals surface area (Å²) in [7, 11) is 0. The highest BCUT2D eigenvalue weighted by atomic mass is 16.3. The van der Waals surface area contributed by atoms with Crippen LogP contribution in [0.15, 0.2) is 42.5 Å². The van der Waals surface area contributed by atoms with Gasteiger partial charge < -0.3 is 21.3 Å². The lowest BCUT2D eigenvalue weighted by molar-refractivity contribution is 0.0937. The van der Waals surface area contributed by atoms with Crippen molar-refractivity contribution in [1.82, 2.24) is 5.32 Å². The first-order valence-corrected chi connectivity index (χ1v) is 6.15. The third-order valence-electron chi connectivity index (χ3n) is 2.98. The van der Waals surface area contributed by atoms with Gasteiger partial charge in [0.25, 0.3) is 5.91 Å². The lowest BCUT2D eigenvalue weighted by Gasteiger charge is -2.15. The molecule has 20 heavy (non-hydrogen) atoms. The molecule has 0 aliphatic rings. The first-order valence-electron chi connectivity index (χ1n) is 6.15. The van der Waals surface area contributed by atoms with Crippen LogP contribution in [0.5, 0.6) is 11.5 Å². The van der Waals surface area contributed by atoms with Crippen molar-refractivity contribution in [2.24, 2.45) is 0 Å². The number of anilines is 1. The van der Waals surface area contributed by atoms with Crippen LogP contribution in [0.3, 0.4) is 0 Å². The van der Waals surface area contributed by atoms with Crippen LogP contribution in [0.2, 0.25) is 0 Å². The van der Waals surface area contributed by atoms with Crippen LogP contribution in [-0.2, 0) is 0 Å². The molecule has 0 fully saturated rings. The predicted molar refractivity (Wildman–Crippen MR) is 76.5 cm³/mol. The molecular weight excluding hydrogens is 256 g/mol. The number of aromatic hydroxyl groups is 2. The minimum absolute atomic E-state index is 0.0945. The lowest BCUT2D eigenvalue weighted by Crippen LogP contribution is -2.26. The normalized spacial score (nSPS) is 11.8. The molecule has 1 unspecified atom stereocenters. The molecular formula is C15H16N2O3. The summed E-state index contributed by atoms with van der Waals surface area (Å²) in [5.74, 6) is -0.775. The number of carbonyl (C=O) groups excluding carboxylic acids is 1. The lowest BCUT2D eigenvalue weighted by atomic mass is 10.1. The highest BCUT2D eigenvalue weighted by molar-refractivity contribution is 5.97. The van der Waals surface area contributed by atoms with Gasteiger partial charge in [0, 0.05) is 11.8 Å². The molecule has 5 heteroatoms. The van der Waals surface area contributed by atoms with E-state index in [0.29, 0.717) is 5.69 Å². The van der Waals surface area contributed by atoms with E-state index in [1.54, 1.807) is 12.1 Å². The molecule has 0 radical (unpaired) electrons. The third-order valence-corrected chi connectivity index (χ3v) is 2.98. The fraction of sp³-hybridized carbons (Fsp3) is 0.133. The zero-order valence-electron chi connectivity index (χ0n) is 11.0. The van der Waals surface area contributed by atoms with Crippen LogP contribution in [0, 0.1) is 0 Å². The topological polar surface area (TPSA) is 95.6 Å². The van der Waals surface area contributed by atoms with E-state index in [-0.39, 0.29) is 23.1 Å². The van der Waals surface area contributed by atoms with Crippen molar-refractivity contribution in [1.29, 1.82) is 0 Å².